The van der Waals surface area contributed by atoms with Gasteiger partial charge >= 0.3 is 6.18 Å². The molecule has 140 valence electrons. The summed E-state index contributed by atoms with van der Waals surface area (Å²) in [6.07, 6.45) is -0.554. The van der Waals surface area contributed by atoms with Crippen molar-refractivity contribution in [2.45, 2.75) is 43.9 Å². The van der Waals surface area contributed by atoms with Crippen LogP contribution in [0.4, 0.5) is 13.2 Å². The summed E-state index contributed by atoms with van der Waals surface area (Å²) in [5.74, 6) is 0.332. The molecule has 0 radical (unpaired) electrons. The van der Waals surface area contributed by atoms with Crippen molar-refractivity contribution in [1.82, 2.24) is 4.90 Å². The number of hydrogen-bond acceptors (Lipinski definition) is 2. The number of hydrogen-bond donors (Lipinski definition) is 0. The van der Waals surface area contributed by atoms with E-state index in [0.29, 0.717) is 17.0 Å². The van der Waals surface area contributed by atoms with Crippen LogP contribution in [0.3, 0.4) is 0 Å². The van der Waals surface area contributed by atoms with Gasteiger partial charge in [-0.1, -0.05) is 43.2 Å². The number of alkyl halides is 3. The fraction of sp³-hybridized carbons (Fsp3) is 0.333. The lowest BCUT2D eigenvalue weighted by atomic mass is 9.90. The molecule has 4 rings (SSSR count). The first kappa shape index (κ1) is 17.8. The number of rotatable bonds is 2. The van der Waals surface area contributed by atoms with E-state index in [0.717, 1.165) is 37.8 Å². The smallest absolute Gasteiger partial charge is 0.287 e. The lowest BCUT2D eigenvalue weighted by Crippen LogP contribution is -2.45. The fourth-order valence-corrected chi connectivity index (χ4v) is 3.91. The van der Waals surface area contributed by atoms with E-state index in [4.69, 9.17) is 4.99 Å². The van der Waals surface area contributed by atoms with Gasteiger partial charge in [0.2, 0.25) is 0 Å². The van der Waals surface area contributed by atoms with Crippen LogP contribution < -0.4 is 0 Å². The topological polar surface area (TPSA) is 32.7 Å². The van der Waals surface area contributed by atoms with Gasteiger partial charge in [-0.3, -0.25) is 14.7 Å². The molecule has 27 heavy (non-hydrogen) atoms. The molecule has 0 spiro atoms. The molecule has 1 amide bonds. The second-order valence-corrected chi connectivity index (χ2v) is 6.99. The Kier molecular flexibility index (Phi) is 4.50. The normalized spacial score (nSPS) is 22.3. The average Bonchev–Trinajstić information content (AvgIpc) is 3.07. The first-order valence-electron chi connectivity index (χ1n) is 9.09. The van der Waals surface area contributed by atoms with Gasteiger partial charge in [-0.2, -0.15) is 13.2 Å². The number of aliphatic imine (C=N–C) groups is 1. The molecule has 1 fully saturated rings. The summed E-state index contributed by atoms with van der Waals surface area (Å²) in [7, 11) is 0. The van der Waals surface area contributed by atoms with Crippen LogP contribution in [0.25, 0.3) is 0 Å². The van der Waals surface area contributed by atoms with Crippen LogP contribution in [-0.2, 0) is 6.18 Å². The van der Waals surface area contributed by atoms with E-state index < -0.39 is 11.7 Å². The van der Waals surface area contributed by atoms with Gasteiger partial charge in [-0.25, -0.2) is 0 Å². The third kappa shape index (κ3) is 3.36. The van der Waals surface area contributed by atoms with E-state index in [1.165, 1.54) is 12.1 Å². The van der Waals surface area contributed by atoms with Gasteiger partial charge in [-0.15, -0.1) is 0 Å². The second kappa shape index (κ2) is 6.83. The summed E-state index contributed by atoms with van der Waals surface area (Å²) in [5.41, 5.74) is 0.396. The Morgan fingerprint density at radius 3 is 2.30 bits per heavy atom. The highest BCUT2D eigenvalue weighted by atomic mass is 19.4. The van der Waals surface area contributed by atoms with Crippen molar-refractivity contribution >= 4 is 11.7 Å². The third-order valence-corrected chi connectivity index (χ3v) is 5.25. The van der Waals surface area contributed by atoms with Crippen LogP contribution in [0.5, 0.6) is 0 Å². The van der Waals surface area contributed by atoms with Crippen LogP contribution in [0.2, 0.25) is 0 Å². The molecular weight excluding hydrogens is 353 g/mol. The van der Waals surface area contributed by atoms with Gasteiger partial charge in [0, 0.05) is 11.1 Å². The molecule has 2 aromatic rings. The van der Waals surface area contributed by atoms with E-state index >= 15 is 0 Å². The Balaban J connectivity index is 1.71. The maximum atomic E-state index is 13.2. The zero-order chi connectivity index (χ0) is 19.0. The molecule has 1 aliphatic carbocycles. The highest BCUT2D eigenvalue weighted by Crippen LogP contribution is 2.35. The Morgan fingerprint density at radius 2 is 1.63 bits per heavy atom. The summed E-state index contributed by atoms with van der Waals surface area (Å²) in [5, 5.41) is 0. The molecule has 0 aromatic heterocycles. The van der Waals surface area contributed by atoms with Crippen molar-refractivity contribution in [2.24, 2.45) is 4.99 Å². The van der Waals surface area contributed by atoms with Crippen molar-refractivity contribution in [3.63, 3.8) is 0 Å². The van der Waals surface area contributed by atoms with Crippen LogP contribution >= 0.6 is 0 Å². The summed E-state index contributed by atoms with van der Waals surface area (Å²) in [6.45, 7) is 0. The number of nitrogens with zero attached hydrogens (tertiary/aromatic N) is 2. The number of carbonyl (C=O) groups excluding carboxylic acids is 1. The van der Waals surface area contributed by atoms with Gasteiger partial charge in [-0.05, 0) is 37.1 Å². The zero-order valence-corrected chi connectivity index (χ0v) is 14.6. The maximum Gasteiger partial charge on any atom is 0.416 e. The predicted octanol–water partition coefficient (Wildman–Crippen LogP) is 4.92. The molecule has 0 bridgehead atoms. The molecule has 0 N–H and O–H groups in total. The minimum absolute atomic E-state index is 0.0173. The van der Waals surface area contributed by atoms with E-state index in [1.807, 2.05) is 6.07 Å². The molecule has 3 nitrogen and oxygen atoms in total. The minimum atomic E-state index is -4.39. The van der Waals surface area contributed by atoms with E-state index in [1.54, 1.807) is 29.2 Å². The van der Waals surface area contributed by atoms with Crippen molar-refractivity contribution in [3.05, 3.63) is 71.3 Å². The number of halogens is 3. The molecule has 0 unspecified atom stereocenters. The second-order valence-electron chi connectivity index (χ2n) is 6.99. The average molecular weight is 372 g/mol. The van der Waals surface area contributed by atoms with Gasteiger partial charge < -0.3 is 0 Å². The van der Waals surface area contributed by atoms with E-state index in [-0.39, 0.29) is 18.0 Å². The first-order chi connectivity index (χ1) is 12.9. The number of amides is 1. The molecule has 1 saturated carbocycles. The summed E-state index contributed by atoms with van der Waals surface area (Å²) >= 11 is 0. The Labute approximate surface area is 155 Å². The lowest BCUT2D eigenvalue weighted by molar-refractivity contribution is -0.137. The Morgan fingerprint density at radius 1 is 0.963 bits per heavy atom. The van der Waals surface area contributed by atoms with Crippen molar-refractivity contribution < 1.29 is 18.0 Å². The molecule has 1 aliphatic heterocycles. The molecule has 2 aliphatic rings. The van der Waals surface area contributed by atoms with Gasteiger partial charge in [0.05, 0.1) is 17.6 Å². The molecular formula is C21H19F3N2O. The minimum Gasteiger partial charge on any atom is -0.287 e. The summed E-state index contributed by atoms with van der Waals surface area (Å²) in [6, 6.07) is 13.9. The lowest BCUT2D eigenvalue weighted by Gasteiger charge is -2.31. The Hall–Kier alpha value is -2.63. The monoisotopic (exact) mass is 372 g/mol. The van der Waals surface area contributed by atoms with E-state index in [9.17, 15) is 18.0 Å². The number of fused-ring (bicyclic) bond motifs is 1. The van der Waals surface area contributed by atoms with Crippen molar-refractivity contribution in [2.75, 3.05) is 0 Å². The SMILES string of the molecule is O=C(c1ccccc1)N1C(c2ccc(C(F)(F)F)cc2)=N[C@@H]2CCCC[C@@H]21. The third-order valence-electron chi connectivity index (χ3n) is 5.25. The van der Waals surface area contributed by atoms with Crippen LogP contribution in [0.15, 0.2) is 59.6 Å². The van der Waals surface area contributed by atoms with E-state index in [2.05, 4.69) is 0 Å². The quantitative estimate of drug-likeness (QED) is 0.737. The van der Waals surface area contributed by atoms with Gasteiger partial charge in [0.1, 0.15) is 5.84 Å². The van der Waals surface area contributed by atoms with Gasteiger partial charge in [0.25, 0.3) is 5.91 Å². The Bertz CT molecular complexity index is 859. The number of amidine groups is 1. The highest BCUT2D eigenvalue weighted by molar-refractivity contribution is 6.14. The highest BCUT2D eigenvalue weighted by Gasteiger charge is 2.41. The fourth-order valence-electron chi connectivity index (χ4n) is 3.91. The van der Waals surface area contributed by atoms with Crippen molar-refractivity contribution in [3.8, 4) is 0 Å². The number of benzene rings is 2. The summed E-state index contributed by atoms with van der Waals surface area (Å²) < 4.78 is 38.6. The largest absolute Gasteiger partial charge is 0.416 e. The van der Waals surface area contributed by atoms with Crippen LogP contribution in [0.1, 0.15) is 47.2 Å². The molecule has 1 heterocycles. The molecule has 0 saturated heterocycles. The molecule has 2 atom stereocenters. The molecule has 2 aromatic carbocycles. The predicted molar refractivity (Wildman–Crippen MR) is 96.6 cm³/mol. The number of carbonyl (C=O) groups is 1. The van der Waals surface area contributed by atoms with Gasteiger partial charge in [0.15, 0.2) is 0 Å². The summed E-state index contributed by atoms with van der Waals surface area (Å²) in [4.78, 5) is 19.6. The standard InChI is InChI=1S/C21H19F3N2O/c22-21(23,24)16-12-10-14(11-13-16)19-25-17-8-4-5-9-18(17)26(19)20(27)15-6-2-1-3-7-15/h1-3,6-7,10-13,17-18H,4-5,8-9H2/t17-,18+/m1/s1. The molecule has 6 heteroatoms. The van der Waals surface area contributed by atoms with Crippen LogP contribution in [0, 0.1) is 0 Å². The maximum absolute atomic E-state index is 13.2. The first-order valence-corrected chi connectivity index (χ1v) is 9.09. The van der Waals surface area contributed by atoms with Crippen LogP contribution in [-0.4, -0.2) is 28.7 Å². The van der Waals surface area contributed by atoms with Crippen molar-refractivity contribution in [1.29, 1.82) is 0 Å². The zero-order valence-electron chi connectivity index (χ0n) is 14.6.